The lowest BCUT2D eigenvalue weighted by Crippen LogP contribution is -2.47. The fourth-order valence-electron chi connectivity index (χ4n) is 5.31. The van der Waals surface area contributed by atoms with Crippen LogP contribution in [0.3, 0.4) is 0 Å². The first-order valence-electron chi connectivity index (χ1n) is 7.30. The average Bonchev–Trinajstić information content (AvgIpc) is 2.72. The number of fused-ring (bicyclic) bond motifs is 3. The number of aliphatic hydroxyl groups is 3. The zero-order chi connectivity index (χ0) is 13.3. The summed E-state index contributed by atoms with van der Waals surface area (Å²) in [6.07, 6.45) is 3.26. The summed E-state index contributed by atoms with van der Waals surface area (Å²) in [6.45, 7) is 6.34. The Kier molecular flexibility index (Phi) is 2.51. The second kappa shape index (κ2) is 3.50. The maximum Gasteiger partial charge on any atom is 0.0909 e. The van der Waals surface area contributed by atoms with Crippen LogP contribution in [-0.2, 0) is 0 Å². The highest BCUT2D eigenvalue weighted by molar-refractivity contribution is 5.18. The average molecular weight is 254 g/mol. The molecule has 0 aromatic carbocycles. The van der Waals surface area contributed by atoms with Gasteiger partial charge in [0.2, 0.25) is 0 Å². The van der Waals surface area contributed by atoms with Crippen molar-refractivity contribution in [1.29, 1.82) is 0 Å². The molecule has 0 bridgehead atoms. The van der Waals surface area contributed by atoms with Crippen LogP contribution in [0.15, 0.2) is 0 Å². The van der Waals surface area contributed by atoms with Gasteiger partial charge in [-0.2, -0.15) is 0 Å². The molecular weight excluding hydrogens is 228 g/mol. The third-order valence-corrected chi connectivity index (χ3v) is 6.49. The highest BCUT2D eigenvalue weighted by atomic mass is 16.3. The Morgan fingerprint density at radius 3 is 2.17 bits per heavy atom. The van der Waals surface area contributed by atoms with Crippen LogP contribution in [-0.4, -0.2) is 33.1 Å². The molecule has 18 heavy (non-hydrogen) atoms. The van der Waals surface area contributed by atoms with Crippen LogP contribution in [0.25, 0.3) is 0 Å². The fraction of sp³-hybridized carbons (Fsp3) is 1.00. The van der Waals surface area contributed by atoms with Crippen LogP contribution in [0.2, 0.25) is 0 Å². The third-order valence-electron chi connectivity index (χ3n) is 6.49. The van der Waals surface area contributed by atoms with Gasteiger partial charge in [-0.25, -0.2) is 0 Å². The molecular formula is C15H26O3. The van der Waals surface area contributed by atoms with Gasteiger partial charge in [0.1, 0.15) is 0 Å². The molecule has 0 radical (unpaired) electrons. The zero-order valence-electron chi connectivity index (χ0n) is 11.7. The highest BCUT2D eigenvalue weighted by Gasteiger charge is 2.70. The van der Waals surface area contributed by atoms with Crippen molar-refractivity contribution >= 4 is 0 Å². The predicted octanol–water partition coefficient (Wildman–Crippen LogP) is 1.55. The second-order valence-corrected chi connectivity index (χ2v) is 7.78. The van der Waals surface area contributed by atoms with E-state index >= 15 is 0 Å². The maximum atomic E-state index is 10.7. The van der Waals surface area contributed by atoms with Crippen LogP contribution in [0.4, 0.5) is 0 Å². The van der Waals surface area contributed by atoms with E-state index in [0.29, 0.717) is 23.7 Å². The standard InChI is InChI=1S/C15H26O3/c1-13(2)9-5-7-15(18,8-16)10-4-6-14(3,17)12(10)11(9)13/h9-12,16-18H,4-8H2,1-3H3/t9-,10-,11-,12-,14+,15-/m1/s1. The summed E-state index contributed by atoms with van der Waals surface area (Å²) < 4.78 is 0. The molecule has 0 unspecified atom stereocenters. The molecule has 0 spiro atoms. The van der Waals surface area contributed by atoms with E-state index in [9.17, 15) is 15.3 Å². The van der Waals surface area contributed by atoms with E-state index in [2.05, 4.69) is 13.8 Å². The summed E-state index contributed by atoms with van der Waals surface area (Å²) in [7, 11) is 0. The minimum Gasteiger partial charge on any atom is -0.393 e. The summed E-state index contributed by atoms with van der Waals surface area (Å²) in [6, 6.07) is 0. The minimum absolute atomic E-state index is 0.0641. The molecule has 6 atom stereocenters. The van der Waals surface area contributed by atoms with Gasteiger partial charge in [-0.1, -0.05) is 13.8 Å². The van der Waals surface area contributed by atoms with Crippen molar-refractivity contribution < 1.29 is 15.3 Å². The van der Waals surface area contributed by atoms with Crippen molar-refractivity contribution in [3.8, 4) is 0 Å². The molecule has 3 rings (SSSR count). The monoisotopic (exact) mass is 254 g/mol. The molecule has 0 saturated heterocycles. The first kappa shape index (κ1) is 12.9. The topological polar surface area (TPSA) is 60.7 Å². The van der Waals surface area contributed by atoms with Crippen LogP contribution in [0.5, 0.6) is 0 Å². The molecule has 3 N–H and O–H groups in total. The summed E-state index contributed by atoms with van der Waals surface area (Å²) in [5, 5.41) is 31.0. The summed E-state index contributed by atoms with van der Waals surface area (Å²) in [5.74, 6) is 1.34. The molecule has 0 aromatic heterocycles. The SMILES string of the molecule is CC1(C)[C@H]2[C@H]3[C@@H](CC[C@]3(C)O)[C@](O)(CO)CC[C@H]21. The first-order chi connectivity index (χ1) is 8.24. The second-order valence-electron chi connectivity index (χ2n) is 7.78. The molecule has 0 heterocycles. The van der Waals surface area contributed by atoms with Gasteiger partial charge in [-0.15, -0.1) is 0 Å². The molecule has 0 aromatic rings. The van der Waals surface area contributed by atoms with Gasteiger partial charge in [0.25, 0.3) is 0 Å². The van der Waals surface area contributed by atoms with E-state index in [4.69, 9.17) is 0 Å². The van der Waals surface area contributed by atoms with Crippen LogP contribution >= 0.6 is 0 Å². The Hall–Kier alpha value is -0.120. The smallest absolute Gasteiger partial charge is 0.0909 e. The Labute approximate surface area is 109 Å². The molecule has 104 valence electrons. The molecule has 3 heteroatoms. The third kappa shape index (κ3) is 1.47. The van der Waals surface area contributed by atoms with Crippen molar-refractivity contribution in [1.82, 2.24) is 0 Å². The molecule has 3 aliphatic carbocycles. The lowest BCUT2D eigenvalue weighted by molar-refractivity contribution is -0.101. The molecule has 3 saturated carbocycles. The largest absolute Gasteiger partial charge is 0.393 e. The van der Waals surface area contributed by atoms with Gasteiger partial charge in [0, 0.05) is 0 Å². The summed E-state index contributed by atoms with van der Waals surface area (Å²) in [5.41, 5.74) is -1.34. The number of hydrogen-bond acceptors (Lipinski definition) is 3. The van der Waals surface area contributed by atoms with Crippen molar-refractivity contribution in [2.24, 2.45) is 29.1 Å². The Morgan fingerprint density at radius 2 is 1.56 bits per heavy atom. The van der Waals surface area contributed by atoms with Crippen LogP contribution in [0, 0.1) is 29.1 Å². The van der Waals surface area contributed by atoms with Crippen LogP contribution < -0.4 is 0 Å². The fourth-order valence-corrected chi connectivity index (χ4v) is 5.31. The lowest BCUT2D eigenvalue weighted by Gasteiger charge is -2.39. The van der Waals surface area contributed by atoms with E-state index in [-0.39, 0.29) is 18.4 Å². The van der Waals surface area contributed by atoms with E-state index in [1.807, 2.05) is 6.92 Å². The molecule has 0 amide bonds. The van der Waals surface area contributed by atoms with Crippen LogP contribution in [0.1, 0.15) is 46.5 Å². The highest BCUT2D eigenvalue weighted by Crippen LogP contribution is 2.71. The lowest BCUT2D eigenvalue weighted by atomic mass is 9.72. The molecule has 0 aliphatic heterocycles. The quantitative estimate of drug-likeness (QED) is 0.665. The number of rotatable bonds is 1. The molecule has 3 nitrogen and oxygen atoms in total. The zero-order valence-corrected chi connectivity index (χ0v) is 11.7. The van der Waals surface area contributed by atoms with E-state index in [1.54, 1.807) is 0 Å². The Bertz CT molecular complexity index is 363. The predicted molar refractivity (Wildman–Crippen MR) is 68.9 cm³/mol. The van der Waals surface area contributed by atoms with E-state index < -0.39 is 11.2 Å². The van der Waals surface area contributed by atoms with E-state index in [1.165, 1.54) is 0 Å². The summed E-state index contributed by atoms with van der Waals surface area (Å²) in [4.78, 5) is 0. The van der Waals surface area contributed by atoms with Gasteiger partial charge in [-0.3, -0.25) is 0 Å². The number of hydrogen-bond donors (Lipinski definition) is 3. The van der Waals surface area contributed by atoms with Crippen molar-refractivity contribution in [2.75, 3.05) is 6.61 Å². The molecule has 3 aliphatic rings. The molecule has 3 fully saturated rings. The number of aliphatic hydroxyl groups excluding tert-OH is 1. The first-order valence-corrected chi connectivity index (χ1v) is 7.30. The van der Waals surface area contributed by atoms with Gasteiger partial charge < -0.3 is 15.3 Å². The van der Waals surface area contributed by atoms with Crippen molar-refractivity contribution in [3.05, 3.63) is 0 Å². The van der Waals surface area contributed by atoms with E-state index in [0.717, 1.165) is 19.3 Å². The maximum absolute atomic E-state index is 10.7. The Balaban J connectivity index is 1.99. The van der Waals surface area contributed by atoms with Gasteiger partial charge in [0.15, 0.2) is 0 Å². The van der Waals surface area contributed by atoms with Gasteiger partial charge in [0.05, 0.1) is 17.8 Å². The summed E-state index contributed by atoms with van der Waals surface area (Å²) >= 11 is 0. The van der Waals surface area contributed by atoms with Crippen molar-refractivity contribution in [2.45, 2.75) is 57.7 Å². The van der Waals surface area contributed by atoms with Gasteiger partial charge >= 0.3 is 0 Å². The normalized spacial score (nSPS) is 57.7. The minimum atomic E-state index is -0.964. The van der Waals surface area contributed by atoms with Gasteiger partial charge in [-0.05, 0) is 61.7 Å². The Morgan fingerprint density at radius 1 is 0.944 bits per heavy atom. The van der Waals surface area contributed by atoms with Crippen molar-refractivity contribution in [3.63, 3.8) is 0 Å².